The molecule has 0 unspecified atom stereocenters. The van der Waals surface area contributed by atoms with Crippen molar-refractivity contribution < 1.29 is 0 Å². The van der Waals surface area contributed by atoms with Crippen LogP contribution in [-0.2, 0) is 6.54 Å². The summed E-state index contributed by atoms with van der Waals surface area (Å²) in [5.74, 6) is 1.15. The van der Waals surface area contributed by atoms with Crippen LogP contribution >= 0.6 is 0 Å². The zero-order valence-electron chi connectivity index (χ0n) is 10.0. The second-order valence-corrected chi connectivity index (χ2v) is 5.21. The highest BCUT2D eigenvalue weighted by Gasteiger charge is 2.33. The molecular weight excluding hydrogens is 212 g/mol. The van der Waals surface area contributed by atoms with Crippen molar-refractivity contribution in [3.05, 3.63) is 46.9 Å². The van der Waals surface area contributed by atoms with Gasteiger partial charge in [0.2, 0.25) is 0 Å². The summed E-state index contributed by atoms with van der Waals surface area (Å²) >= 11 is 0. The molecule has 2 atom stereocenters. The van der Waals surface area contributed by atoms with E-state index in [2.05, 4.69) is 17.5 Å². The molecular formula is C14H18N2O. The van der Waals surface area contributed by atoms with Gasteiger partial charge in [0.05, 0.1) is 0 Å². The standard InChI is InChI=1S/C14H18N2O/c1-2-6-15-8-11-7-12(10-15)13-4-3-5-14(17)16(13)9-11/h2-5,11-12H,1,6-10H2/t11-,12+/m0/s1. The Labute approximate surface area is 101 Å². The van der Waals surface area contributed by atoms with E-state index in [4.69, 9.17) is 0 Å². The second-order valence-electron chi connectivity index (χ2n) is 5.21. The lowest BCUT2D eigenvalue weighted by molar-refractivity contribution is 0.131. The fraction of sp³-hybridized carbons (Fsp3) is 0.500. The van der Waals surface area contributed by atoms with E-state index in [1.54, 1.807) is 6.07 Å². The van der Waals surface area contributed by atoms with Crippen molar-refractivity contribution in [2.45, 2.75) is 18.9 Å². The van der Waals surface area contributed by atoms with Crippen molar-refractivity contribution in [2.75, 3.05) is 19.6 Å². The minimum atomic E-state index is 0.161. The number of piperidine rings is 1. The first kappa shape index (κ1) is 10.8. The minimum absolute atomic E-state index is 0.161. The summed E-state index contributed by atoms with van der Waals surface area (Å²) in [7, 11) is 0. The molecule has 3 heteroatoms. The molecule has 0 saturated carbocycles. The molecule has 1 aromatic heterocycles. The van der Waals surface area contributed by atoms with E-state index in [1.165, 1.54) is 12.1 Å². The quantitative estimate of drug-likeness (QED) is 0.719. The summed E-state index contributed by atoms with van der Waals surface area (Å²) in [6.45, 7) is 7.82. The third-order valence-corrected chi connectivity index (χ3v) is 3.94. The number of pyridine rings is 1. The molecule has 0 aromatic carbocycles. The Morgan fingerprint density at radius 3 is 3.06 bits per heavy atom. The van der Waals surface area contributed by atoms with Gasteiger partial charge in [-0.15, -0.1) is 6.58 Å². The molecule has 0 spiro atoms. The van der Waals surface area contributed by atoms with Crippen LogP contribution in [0.4, 0.5) is 0 Å². The number of nitrogens with zero attached hydrogens (tertiary/aromatic N) is 2. The monoisotopic (exact) mass is 230 g/mol. The van der Waals surface area contributed by atoms with Gasteiger partial charge in [-0.1, -0.05) is 12.1 Å². The zero-order valence-corrected chi connectivity index (χ0v) is 10.0. The average molecular weight is 230 g/mol. The molecule has 2 aliphatic rings. The van der Waals surface area contributed by atoms with Crippen molar-refractivity contribution in [1.82, 2.24) is 9.47 Å². The van der Waals surface area contributed by atoms with Crippen molar-refractivity contribution in [3.63, 3.8) is 0 Å². The van der Waals surface area contributed by atoms with Crippen molar-refractivity contribution in [2.24, 2.45) is 5.92 Å². The van der Waals surface area contributed by atoms with Crippen LogP contribution in [-0.4, -0.2) is 29.1 Å². The number of likely N-dealkylation sites (tertiary alicyclic amines) is 1. The Bertz CT molecular complexity index is 491. The van der Waals surface area contributed by atoms with E-state index in [9.17, 15) is 4.79 Å². The molecule has 0 amide bonds. The molecule has 1 fully saturated rings. The van der Waals surface area contributed by atoms with Crippen molar-refractivity contribution >= 4 is 0 Å². The third-order valence-electron chi connectivity index (χ3n) is 3.94. The normalized spacial score (nSPS) is 27.5. The molecule has 3 rings (SSSR count). The van der Waals surface area contributed by atoms with Gasteiger partial charge in [-0.2, -0.15) is 0 Å². The maximum absolute atomic E-state index is 11.8. The molecule has 1 saturated heterocycles. The lowest BCUT2D eigenvalue weighted by Gasteiger charge is -2.42. The van der Waals surface area contributed by atoms with Crippen molar-refractivity contribution in [1.29, 1.82) is 0 Å². The molecule has 17 heavy (non-hydrogen) atoms. The summed E-state index contributed by atoms with van der Waals surface area (Å²) in [5, 5.41) is 0. The fourth-order valence-electron chi connectivity index (χ4n) is 3.33. The Balaban J connectivity index is 1.95. The van der Waals surface area contributed by atoms with E-state index in [1.807, 2.05) is 16.7 Å². The van der Waals surface area contributed by atoms with E-state index in [0.29, 0.717) is 11.8 Å². The van der Waals surface area contributed by atoms with Crippen molar-refractivity contribution in [3.8, 4) is 0 Å². The zero-order chi connectivity index (χ0) is 11.8. The predicted octanol–water partition coefficient (Wildman–Crippen LogP) is 1.45. The van der Waals surface area contributed by atoms with E-state index in [0.717, 1.165) is 26.2 Å². The highest BCUT2D eigenvalue weighted by Crippen LogP contribution is 2.34. The summed E-state index contributed by atoms with van der Waals surface area (Å²) in [4.78, 5) is 14.3. The SMILES string of the molecule is C=CCN1C[C@@H]2C[C@H](C1)c1cccc(=O)n1C2. The topological polar surface area (TPSA) is 25.2 Å². The molecule has 90 valence electrons. The Morgan fingerprint density at radius 2 is 2.24 bits per heavy atom. The summed E-state index contributed by atoms with van der Waals surface area (Å²) in [5.41, 5.74) is 1.39. The molecule has 0 N–H and O–H groups in total. The summed E-state index contributed by atoms with van der Waals surface area (Å²) in [6.07, 6.45) is 3.20. The first-order valence-corrected chi connectivity index (χ1v) is 6.31. The average Bonchev–Trinajstić information content (AvgIpc) is 2.31. The maximum atomic E-state index is 11.8. The number of aromatic nitrogens is 1. The van der Waals surface area contributed by atoms with Crippen LogP contribution in [0.1, 0.15) is 18.0 Å². The van der Waals surface area contributed by atoms with Gasteiger partial charge in [-0.05, 0) is 18.4 Å². The molecule has 3 nitrogen and oxygen atoms in total. The molecule has 1 aromatic rings. The minimum Gasteiger partial charge on any atom is -0.312 e. The van der Waals surface area contributed by atoms with E-state index < -0.39 is 0 Å². The van der Waals surface area contributed by atoms with Gasteiger partial charge in [0.15, 0.2) is 0 Å². The highest BCUT2D eigenvalue weighted by molar-refractivity contribution is 5.17. The van der Waals surface area contributed by atoms with Crippen LogP contribution in [0.15, 0.2) is 35.6 Å². The number of hydrogen-bond acceptors (Lipinski definition) is 2. The Kier molecular flexibility index (Phi) is 2.63. The van der Waals surface area contributed by atoms with Crippen LogP contribution in [0.25, 0.3) is 0 Å². The van der Waals surface area contributed by atoms with Crippen LogP contribution in [0.2, 0.25) is 0 Å². The van der Waals surface area contributed by atoms with Gasteiger partial charge in [0.1, 0.15) is 0 Å². The molecule has 0 aliphatic carbocycles. The van der Waals surface area contributed by atoms with Gasteiger partial charge in [0, 0.05) is 43.9 Å². The molecule has 2 aliphatic heterocycles. The smallest absolute Gasteiger partial charge is 0.250 e. The largest absolute Gasteiger partial charge is 0.312 e. The Hall–Kier alpha value is -1.35. The van der Waals surface area contributed by atoms with Gasteiger partial charge in [-0.25, -0.2) is 0 Å². The molecule has 2 bridgehead atoms. The maximum Gasteiger partial charge on any atom is 0.250 e. The lowest BCUT2D eigenvalue weighted by Crippen LogP contribution is -2.46. The predicted molar refractivity (Wildman–Crippen MR) is 68.2 cm³/mol. The molecule has 0 radical (unpaired) electrons. The van der Waals surface area contributed by atoms with E-state index in [-0.39, 0.29) is 5.56 Å². The fourth-order valence-corrected chi connectivity index (χ4v) is 3.33. The summed E-state index contributed by atoms with van der Waals surface area (Å²) in [6, 6.07) is 5.67. The van der Waals surface area contributed by atoms with Gasteiger partial charge in [-0.3, -0.25) is 9.69 Å². The molecule has 3 heterocycles. The third kappa shape index (κ3) is 1.84. The first-order chi connectivity index (χ1) is 8.28. The highest BCUT2D eigenvalue weighted by atomic mass is 16.1. The van der Waals surface area contributed by atoms with Gasteiger partial charge < -0.3 is 4.57 Å². The second kappa shape index (κ2) is 4.15. The number of fused-ring (bicyclic) bond motifs is 4. The Morgan fingerprint density at radius 1 is 1.35 bits per heavy atom. The van der Waals surface area contributed by atoms with Gasteiger partial charge in [0.25, 0.3) is 5.56 Å². The van der Waals surface area contributed by atoms with E-state index >= 15 is 0 Å². The number of hydrogen-bond donors (Lipinski definition) is 0. The van der Waals surface area contributed by atoms with Crippen LogP contribution in [0.3, 0.4) is 0 Å². The summed E-state index contributed by atoms with van der Waals surface area (Å²) < 4.78 is 1.98. The van der Waals surface area contributed by atoms with Crippen LogP contribution < -0.4 is 5.56 Å². The van der Waals surface area contributed by atoms with Crippen LogP contribution in [0, 0.1) is 5.92 Å². The first-order valence-electron chi connectivity index (χ1n) is 6.31. The van der Waals surface area contributed by atoms with Crippen LogP contribution in [0.5, 0.6) is 0 Å². The number of rotatable bonds is 2. The lowest BCUT2D eigenvalue weighted by atomic mass is 9.83. The van der Waals surface area contributed by atoms with Gasteiger partial charge >= 0.3 is 0 Å².